The van der Waals surface area contributed by atoms with Gasteiger partial charge in [0.1, 0.15) is 11.5 Å². The SMILES string of the molecule is COc1ccc(-c2cc([N+](=O)[O-])ccc2OCC(=O)c2cc(C)n(C)c2C)cc1. The first-order valence-electron chi connectivity index (χ1n) is 9.03. The molecule has 2 aromatic carbocycles. The number of carbonyl (C=O) groups excluding carboxylic acids is 1. The van der Waals surface area contributed by atoms with Crippen LogP contribution in [-0.4, -0.2) is 29.0 Å². The molecule has 0 amide bonds. The molecule has 7 heteroatoms. The fraction of sp³-hybridized carbons (Fsp3) is 0.227. The molecule has 0 saturated heterocycles. The Kier molecular flexibility index (Phi) is 5.68. The van der Waals surface area contributed by atoms with Gasteiger partial charge >= 0.3 is 0 Å². The largest absolute Gasteiger partial charge is 0.497 e. The van der Waals surface area contributed by atoms with Crippen LogP contribution in [0.5, 0.6) is 11.5 Å². The zero-order valence-corrected chi connectivity index (χ0v) is 16.8. The van der Waals surface area contributed by atoms with Gasteiger partial charge < -0.3 is 14.0 Å². The summed E-state index contributed by atoms with van der Waals surface area (Å²) in [6.07, 6.45) is 0. The lowest BCUT2D eigenvalue weighted by Gasteiger charge is -2.12. The molecule has 0 bridgehead atoms. The summed E-state index contributed by atoms with van der Waals surface area (Å²) in [5.41, 5.74) is 3.68. The highest BCUT2D eigenvalue weighted by atomic mass is 16.6. The van der Waals surface area contributed by atoms with Crippen LogP contribution in [0, 0.1) is 24.0 Å². The van der Waals surface area contributed by atoms with Crippen LogP contribution in [-0.2, 0) is 7.05 Å². The maximum Gasteiger partial charge on any atom is 0.270 e. The summed E-state index contributed by atoms with van der Waals surface area (Å²) in [5, 5.41) is 11.2. The molecule has 3 aromatic rings. The predicted octanol–water partition coefficient (Wildman–Crippen LogP) is 4.49. The Morgan fingerprint density at radius 3 is 2.34 bits per heavy atom. The quantitative estimate of drug-likeness (QED) is 0.335. The Morgan fingerprint density at radius 2 is 1.79 bits per heavy atom. The third-order valence-corrected chi connectivity index (χ3v) is 5.01. The van der Waals surface area contributed by atoms with E-state index in [0.29, 0.717) is 22.6 Å². The van der Waals surface area contributed by atoms with Crippen molar-refractivity contribution in [1.82, 2.24) is 4.57 Å². The van der Waals surface area contributed by atoms with Gasteiger partial charge in [0.25, 0.3) is 5.69 Å². The number of nitro groups is 1. The molecule has 150 valence electrons. The van der Waals surface area contributed by atoms with E-state index in [1.165, 1.54) is 18.2 Å². The third kappa shape index (κ3) is 4.13. The molecule has 0 aliphatic carbocycles. The predicted molar refractivity (Wildman–Crippen MR) is 110 cm³/mol. The van der Waals surface area contributed by atoms with E-state index in [1.54, 1.807) is 31.4 Å². The molecular weight excluding hydrogens is 372 g/mol. The summed E-state index contributed by atoms with van der Waals surface area (Å²) in [6.45, 7) is 3.66. The average molecular weight is 394 g/mol. The number of Topliss-reactive ketones (excluding diaryl/α,β-unsaturated/α-hetero) is 1. The van der Waals surface area contributed by atoms with Crippen molar-refractivity contribution < 1.29 is 19.2 Å². The summed E-state index contributed by atoms with van der Waals surface area (Å²) in [7, 11) is 3.47. The van der Waals surface area contributed by atoms with Crippen LogP contribution in [0.3, 0.4) is 0 Å². The zero-order chi connectivity index (χ0) is 21.1. The minimum absolute atomic E-state index is 0.0518. The maximum atomic E-state index is 12.6. The maximum absolute atomic E-state index is 12.6. The standard InChI is InChI=1S/C22H22N2O5/c1-14-11-19(15(2)23(14)3)21(25)13-29-22-10-7-17(24(26)27)12-20(22)16-5-8-18(28-4)9-6-16/h5-12H,13H2,1-4H3. The highest BCUT2D eigenvalue weighted by molar-refractivity contribution is 5.98. The number of ketones is 1. The summed E-state index contributed by atoms with van der Waals surface area (Å²) in [6, 6.07) is 13.3. The smallest absolute Gasteiger partial charge is 0.270 e. The van der Waals surface area contributed by atoms with Gasteiger partial charge in [-0.3, -0.25) is 14.9 Å². The van der Waals surface area contributed by atoms with Gasteiger partial charge in [-0.05, 0) is 43.7 Å². The Balaban J connectivity index is 1.90. The molecule has 7 nitrogen and oxygen atoms in total. The van der Waals surface area contributed by atoms with Crippen LogP contribution in [0.2, 0.25) is 0 Å². The average Bonchev–Trinajstić information content (AvgIpc) is 2.99. The number of aromatic nitrogens is 1. The van der Waals surface area contributed by atoms with E-state index in [1.807, 2.05) is 31.5 Å². The molecule has 1 heterocycles. The minimum atomic E-state index is -0.460. The van der Waals surface area contributed by atoms with Crippen molar-refractivity contribution in [3.63, 3.8) is 0 Å². The number of nitro benzene ring substituents is 1. The van der Waals surface area contributed by atoms with E-state index in [9.17, 15) is 14.9 Å². The van der Waals surface area contributed by atoms with Crippen LogP contribution >= 0.6 is 0 Å². The molecule has 0 N–H and O–H groups in total. The molecule has 0 fully saturated rings. The normalized spacial score (nSPS) is 10.6. The summed E-state index contributed by atoms with van der Waals surface area (Å²) >= 11 is 0. The highest BCUT2D eigenvalue weighted by Crippen LogP contribution is 2.34. The molecule has 0 saturated carbocycles. The molecule has 0 atom stereocenters. The van der Waals surface area contributed by atoms with Gasteiger partial charge in [0, 0.05) is 41.7 Å². The van der Waals surface area contributed by atoms with Crippen LogP contribution in [0.15, 0.2) is 48.5 Å². The van der Waals surface area contributed by atoms with Gasteiger partial charge in [0.15, 0.2) is 6.61 Å². The van der Waals surface area contributed by atoms with Crippen LogP contribution in [0.4, 0.5) is 5.69 Å². The first-order valence-corrected chi connectivity index (χ1v) is 9.03. The first kappa shape index (κ1) is 20.1. The fourth-order valence-corrected chi connectivity index (χ4v) is 3.11. The van der Waals surface area contributed by atoms with E-state index >= 15 is 0 Å². The second-order valence-corrected chi connectivity index (χ2v) is 6.72. The monoisotopic (exact) mass is 394 g/mol. The first-order chi connectivity index (χ1) is 13.8. The van der Waals surface area contributed by atoms with E-state index in [0.717, 1.165) is 17.0 Å². The van der Waals surface area contributed by atoms with Crippen molar-refractivity contribution in [1.29, 1.82) is 0 Å². The molecule has 3 rings (SSSR count). The molecular formula is C22H22N2O5. The Morgan fingerprint density at radius 1 is 1.10 bits per heavy atom. The van der Waals surface area contributed by atoms with Crippen molar-refractivity contribution in [3.8, 4) is 22.6 Å². The highest BCUT2D eigenvalue weighted by Gasteiger charge is 2.18. The third-order valence-electron chi connectivity index (χ3n) is 5.01. The number of ether oxygens (including phenoxy) is 2. The van der Waals surface area contributed by atoms with E-state index in [2.05, 4.69) is 0 Å². The van der Waals surface area contributed by atoms with Crippen molar-refractivity contribution in [2.75, 3.05) is 13.7 Å². The van der Waals surface area contributed by atoms with E-state index in [4.69, 9.17) is 9.47 Å². The Hall–Kier alpha value is -3.61. The topological polar surface area (TPSA) is 83.6 Å². The molecule has 29 heavy (non-hydrogen) atoms. The second kappa shape index (κ2) is 8.18. The molecule has 0 spiro atoms. The van der Waals surface area contributed by atoms with Crippen molar-refractivity contribution in [2.24, 2.45) is 7.05 Å². The number of methoxy groups -OCH3 is 1. The number of non-ortho nitro benzene ring substituents is 1. The molecule has 0 unspecified atom stereocenters. The zero-order valence-electron chi connectivity index (χ0n) is 16.8. The van der Waals surface area contributed by atoms with Gasteiger partial charge in [-0.25, -0.2) is 0 Å². The van der Waals surface area contributed by atoms with Gasteiger partial charge in [0.05, 0.1) is 12.0 Å². The van der Waals surface area contributed by atoms with Crippen LogP contribution in [0.25, 0.3) is 11.1 Å². The molecule has 0 aliphatic heterocycles. The Labute approximate surface area is 168 Å². The summed E-state index contributed by atoms with van der Waals surface area (Å²) in [4.78, 5) is 23.4. The van der Waals surface area contributed by atoms with Crippen molar-refractivity contribution >= 4 is 11.5 Å². The van der Waals surface area contributed by atoms with Gasteiger partial charge in [0.2, 0.25) is 5.78 Å². The lowest BCUT2D eigenvalue weighted by atomic mass is 10.0. The lowest BCUT2D eigenvalue weighted by molar-refractivity contribution is -0.384. The number of benzene rings is 2. The minimum Gasteiger partial charge on any atom is -0.497 e. The number of aryl methyl sites for hydroxylation is 1. The number of rotatable bonds is 7. The number of hydrogen-bond donors (Lipinski definition) is 0. The number of hydrogen-bond acceptors (Lipinski definition) is 5. The molecule has 0 radical (unpaired) electrons. The van der Waals surface area contributed by atoms with Crippen molar-refractivity contribution in [2.45, 2.75) is 13.8 Å². The van der Waals surface area contributed by atoms with Gasteiger partial charge in [-0.2, -0.15) is 0 Å². The fourth-order valence-electron chi connectivity index (χ4n) is 3.11. The Bertz CT molecular complexity index is 1070. The lowest BCUT2D eigenvalue weighted by Crippen LogP contribution is -2.13. The summed E-state index contributed by atoms with van der Waals surface area (Å²) in [5.74, 6) is 0.927. The van der Waals surface area contributed by atoms with Crippen molar-refractivity contribution in [3.05, 3.63) is 75.6 Å². The molecule has 0 aliphatic rings. The van der Waals surface area contributed by atoms with E-state index in [-0.39, 0.29) is 18.1 Å². The second-order valence-electron chi connectivity index (χ2n) is 6.72. The van der Waals surface area contributed by atoms with Crippen LogP contribution in [0.1, 0.15) is 21.7 Å². The van der Waals surface area contributed by atoms with E-state index < -0.39 is 4.92 Å². The number of nitrogens with zero attached hydrogens (tertiary/aromatic N) is 2. The number of carbonyl (C=O) groups is 1. The van der Waals surface area contributed by atoms with Gasteiger partial charge in [-0.1, -0.05) is 12.1 Å². The van der Waals surface area contributed by atoms with Crippen LogP contribution < -0.4 is 9.47 Å². The van der Waals surface area contributed by atoms with Gasteiger partial charge in [-0.15, -0.1) is 0 Å². The molecule has 1 aromatic heterocycles. The summed E-state index contributed by atoms with van der Waals surface area (Å²) < 4.78 is 12.9.